The van der Waals surface area contributed by atoms with Crippen LogP contribution in [0.2, 0.25) is 0 Å². The molecule has 2 rings (SSSR count). The second kappa shape index (κ2) is 6.09. The summed E-state index contributed by atoms with van der Waals surface area (Å²) in [7, 11) is 0. The summed E-state index contributed by atoms with van der Waals surface area (Å²) >= 11 is 11.0. The molecule has 0 aromatic heterocycles. The molecule has 19 heavy (non-hydrogen) atoms. The first kappa shape index (κ1) is 13.9. The second-order valence-electron chi connectivity index (χ2n) is 3.98. The normalized spacial score (nSPS) is 10.7. The van der Waals surface area contributed by atoms with E-state index < -0.39 is 10.8 Å². The summed E-state index contributed by atoms with van der Waals surface area (Å²) in [5.74, 6) is -0.209. The summed E-state index contributed by atoms with van der Waals surface area (Å²) in [6, 6.07) is 11.5. The number of benzene rings is 2. The van der Waals surface area contributed by atoms with E-state index in [1.165, 1.54) is 0 Å². The lowest BCUT2D eigenvalue weighted by Crippen LogP contribution is -2.16. The number of fused-ring (bicyclic) bond motifs is 1. The molecule has 0 aliphatic carbocycles. The van der Waals surface area contributed by atoms with Gasteiger partial charge in [0.1, 0.15) is 5.75 Å². The number of ether oxygens (including phenoxy) is 1. The molecule has 0 saturated carbocycles. The predicted molar refractivity (Wildman–Crippen MR) is 79.0 cm³/mol. The summed E-state index contributed by atoms with van der Waals surface area (Å²) in [5, 5.41) is 2.10. The molecule has 0 aliphatic heterocycles. The Morgan fingerprint density at radius 2 is 2.00 bits per heavy atom. The Hall–Kier alpha value is -1.51. The average molecular weight is 295 g/mol. The van der Waals surface area contributed by atoms with Gasteiger partial charge in [-0.25, -0.2) is 4.79 Å². The molecule has 0 aliphatic rings. The third-order valence-electron chi connectivity index (χ3n) is 2.73. The highest BCUT2D eigenvalue weighted by Crippen LogP contribution is 2.29. The van der Waals surface area contributed by atoms with E-state index in [9.17, 15) is 4.79 Å². The van der Waals surface area contributed by atoms with E-state index in [4.69, 9.17) is 27.9 Å². The molecule has 4 heteroatoms. The number of carbonyl (C=O) groups excluding carboxylic acids is 1. The Morgan fingerprint density at radius 1 is 1.26 bits per heavy atom. The van der Waals surface area contributed by atoms with Crippen molar-refractivity contribution in [2.24, 2.45) is 0 Å². The highest BCUT2D eigenvalue weighted by atomic mass is 35.5. The monoisotopic (exact) mass is 294 g/mol. The minimum atomic E-state index is -1.19. The van der Waals surface area contributed by atoms with Gasteiger partial charge in [-0.3, -0.25) is 0 Å². The Kier molecular flexibility index (Phi) is 4.46. The van der Waals surface area contributed by atoms with Gasteiger partial charge in [0, 0.05) is 5.56 Å². The maximum absolute atomic E-state index is 11.5. The quantitative estimate of drug-likeness (QED) is 0.364. The van der Waals surface area contributed by atoms with Gasteiger partial charge in [-0.05, 0) is 23.3 Å². The Labute approximate surface area is 121 Å². The molecule has 0 bridgehead atoms. The van der Waals surface area contributed by atoms with Crippen LogP contribution >= 0.6 is 23.2 Å². The third-order valence-corrected chi connectivity index (χ3v) is 3.09. The van der Waals surface area contributed by atoms with Gasteiger partial charge in [0.05, 0.1) is 0 Å². The Bertz CT molecular complexity index is 621. The van der Waals surface area contributed by atoms with Crippen LogP contribution in [0.3, 0.4) is 0 Å². The van der Waals surface area contributed by atoms with E-state index in [1.54, 1.807) is 12.1 Å². The molecule has 2 nitrogen and oxygen atoms in total. The van der Waals surface area contributed by atoms with Crippen LogP contribution in [0, 0.1) is 0 Å². The molecular weight excluding hydrogens is 283 g/mol. The van der Waals surface area contributed by atoms with Gasteiger partial charge in [0.25, 0.3) is 0 Å². The van der Waals surface area contributed by atoms with Gasteiger partial charge in [-0.1, -0.05) is 59.6 Å². The molecule has 0 saturated heterocycles. The predicted octanol–water partition coefficient (Wildman–Crippen LogP) is 4.28. The minimum absolute atomic E-state index is 0.468. The van der Waals surface area contributed by atoms with Crippen LogP contribution in [-0.4, -0.2) is 10.8 Å². The van der Waals surface area contributed by atoms with Crippen LogP contribution in [-0.2, 0) is 11.2 Å². The van der Waals surface area contributed by atoms with Crippen molar-refractivity contribution in [1.29, 1.82) is 0 Å². The summed E-state index contributed by atoms with van der Waals surface area (Å²) in [5.41, 5.74) is 0.899. The van der Waals surface area contributed by atoms with Crippen molar-refractivity contribution in [1.82, 2.24) is 0 Å². The first-order valence-corrected chi connectivity index (χ1v) is 6.62. The standard InChI is InChI=1S/C15H12Cl2O2/c1-2-5-12-11-7-4-3-6-10(11)8-9-13(12)19-15(18)14(16)17/h2-4,6-9,14H,1,5H2. The topological polar surface area (TPSA) is 26.3 Å². The SMILES string of the molecule is C=CCc1c(OC(=O)C(Cl)Cl)ccc2ccccc12. The third kappa shape index (κ3) is 3.09. The lowest BCUT2D eigenvalue weighted by atomic mass is 10.0. The summed E-state index contributed by atoms with van der Waals surface area (Å²) < 4.78 is 5.22. The summed E-state index contributed by atoms with van der Waals surface area (Å²) in [4.78, 5) is 10.3. The number of alkyl halides is 2. The number of allylic oxidation sites excluding steroid dienone is 1. The molecule has 0 N–H and O–H groups in total. The largest absolute Gasteiger partial charge is 0.424 e. The van der Waals surface area contributed by atoms with Crippen molar-refractivity contribution < 1.29 is 9.53 Å². The number of rotatable bonds is 4. The van der Waals surface area contributed by atoms with Crippen LogP contribution in [0.15, 0.2) is 49.1 Å². The number of carbonyl (C=O) groups is 1. The molecule has 0 heterocycles. The van der Waals surface area contributed by atoms with E-state index in [1.807, 2.05) is 30.3 Å². The molecule has 0 unspecified atom stereocenters. The molecule has 0 radical (unpaired) electrons. The first-order valence-electron chi connectivity index (χ1n) is 5.75. The minimum Gasteiger partial charge on any atom is -0.424 e. The van der Waals surface area contributed by atoms with Gasteiger partial charge >= 0.3 is 5.97 Å². The fourth-order valence-electron chi connectivity index (χ4n) is 1.92. The highest BCUT2D eigenvalue weighted by Gasteiger charge is 2.17. The number of hydrogen-bond donors (Lipinski definition) is 0. The van der Waals surface area contributed by atoms with Crippen LogP contribution in [0.25, 0.3) is 10.8 Å². The number of esters is 1. The van der Waals surface area contributed by atoms with E-state index in [0.717, 1.165) is 16.3 Å². The van der Waals surface area contributed by atoms with Gasteiger partial charge in [-0.2, -0.15) is 0 Å². The first-order chi connectivity index (χ1) is 9.13. The molecule has 0 amide bonds. The molecule has 0 fully saturated rings. The molecular formula is C15H12Cl2O2. The Balaban J connectivity index is 2.51. The maximum atomic E-state index is 11.5. The van der Waals surface area contributed by atoms with Gasteiger partial charge < -0.3 is 4.74 Å². The molecule has 0 spiro atoms. The zero-order valence-electron chi connectivity index (χ0n) is 10.1. The van der Waals surface area contributed by atoms with Crippen molar-refractivity contribution in [3.8, 4) is 5.75 Å². The lowest BCUT2D eigenvalue weighted by molar-refractivity contribution is -0.132. The van der Waals surface area contributed by atoms with Gasteiger partial charge in [0.15, 0.2) is 0 Å². The smallest absolute Gasteiger partial charge is 0.344 e. The van der Waals surface area contributed by atoms with E-state index in [-0.39, 0.29) is 0 Å². The van der Waals surface area contributed by atoms with E-state index in [2.05, 4.69) is 6.58 Å². The average Bonchev–Trinajstić information content (AvgIpc) is 2.41. The molecule has 98 valence electrons. The molecule has 2 aromatic rings. The number of hydrogen-bond acceptors (Lipinski definition) is 2. The van der Waals surface area contributed by atoms with Crippen LogP contribution < -0.4 is 4.74 Å². The highest BCUT2D eigenvalue weighted by molar-refractivity contribution is 6.53. The fourth-order valence-corrected chi connectivity index (χ4v) is 2.01. The van der Waals surface area contributed by atoms with Crippen LogP contribution in [0.1, 0.15) is 5.56 Å². The van der Waals surface area contributed by atoms with E-state index in [0.29, 0.717) is 12.2 Å². The van der Waals surface area contributed by atoms with Crippen molar-refractivity contribution in [3.63, 3.8) is 0 Å². The van der Waals surface area contributed by atoms with Crippen LogP contribution in [0.4, 0.5) is 0 Å². The summed E-state index contributed by atoms with van der Waals surface area (Å²) in [6.07, 6.45) is 2.36. The fraction of sp³-hybridized carbons (Fsp3) is 0.133. The van der Waals surface area contributed by atoms with E-state index >= 15 is 0 Å². The Morgan fingerprint density at radius 3 is 2.68 bits per heavy atom. The summed E-state index contributed by atoms with van der Waals surface area (Å²) in [6.45, 7) is 3.73. The van der Waals surface area contributed by atoms with Gasteiger partial charge in [0.2, 0.25) is 4.84 Å². The van der Waals surface area contributed by atoms with Crippen molar-refractivity contribution >= 4 is 39.9 Å². The second-order valence-corrected chi connectivity index (χ2v) is 5.07. The lowest BCUT2D eigenvalue weighted by Gasteiger charge is -2.12. The zero-order chi connectivity index (χ0) is 13.8. The molecule has 0 atom stereocenters. The molecule has 2 aromatic carbocycles. The van der Waals surface area contributed by atoms with Crippen molar-refractivity contribution in [2.45, 2.75) is 11.3 Å². The van der Waals surface area contributed by atoms with Crippen molar-refractivity contribution in [2.75, 3.05) is 0 Å². The van der Waals surface area contributed by atoms with Gasteiger partial charge in [-0.15, -0.1) is 6.58 Å². The van der Waals surface area contributed by atoms with Crippen LogP contribution in [0.5, 0.6) is 5.75 Å². The van der Waals surface area contributed by atoms with Crippen molar-refractivity contribution in [3.05, 3.63) is 54.6 Å². The number of halogens is 2. The zero-order valence-corrected chi connectivity index (χ0v) is 11.6. The maximum Gasteiger partial charge on any atom is 0.344 e.